The third-order valence-electron chi connectivity index (χ3n) is 8.25. The third-order valence-corrected chi connectivity index (χ3v) is 9.64. The zero-order valence-corrected chi connectivity index (χ0v) is 27.0. The molecule has 0 spiro atoms. The summed E-state index contributed by atoms with van der Waals surface area (Å²) in [5.41, 5.74) is 6.62. The first-order valence-electron chi connectivity index (χ1n) is 14.7. The summed E-state index contributed by atoms with van der Waals surface area (Å²) < 4.78 is 9.07. The van der Waals surface area contributed by atoms with E-state index in [1.54, 1.807) is 11.3 Å². The van der Waals surface area contributed by atoms with E-state index in [2.05, 4.69) is 30.1 Å². The van der Waals surface area contributed by atoms with Gasteiger partial charge >= 0.3 is 5.97 Å². The Labute approximate surface area is 261 Å². The number of carboxylic acid groups (broad SMARTS) is 1. The average molecular weight is 617 g/mol. The van der Waals surface area contributed by atoms with Crippen molar-refractivity contribution in [3.8, 4) is 21.7 Å². The van der Waals surface area contributed by atoms with Gasteiger partial charge in [-0.2, -0.15) is 5.10 Å². The zero-order chi connectivity index (χ0) is 30.6. The molecule has 0 aliphatic carbocycles. The Morgan fingerprint density at radius 2 is 1.74 bits per heavy atom. The van der Waals surface area contributed by atoms with Gasteiger partial charge in [0.1, 0.15) is 5.01 Å². The van der Waals surface area contributed by atoms with Crippen LogP contribution in [0.1, 0.15) is 62.5 Å². The number of thiazole rings is 1. The summed E-state index contributed by atoms with van der Waals surface area (Å²) in [7, 11) is 4.19. The first-order valence-corrected chi connectivity index (χ1v) is 15.8. The van der Waals surface area contributed by atoms with E-state index in [1.807, 2.05) is 69.8 Å². The van der Waals surface area contributed by atoms with E-state index < -0.39 is 17.7 Å². The molecule has 1 atom stereocenters. The number of piperidine rings is 1. The van der Waals surface area contributed by atoms with Gasteiger partial charge in [-0.05, 0) is 108 Å². The molecule has 1 aliphatic heterocycles. The smallest absolute Gasteiger partial charge is 0.337 e. The SMILES string of the molecule is Cc1cc2nc(-c3ccc4c(c3)c(C3CCN(C)CC3)nn4C)sc2c(-c2ccc(Cl)cc2)c1[C@H](OC(C)(C)C)C(=O)O. The quantitative estimate of drug-likeness (QED) is 0.207. The van der Waals surface area contributed by atoms with Crippen molar-refractivity contribution < 1.29 is 14.6 Å². The Kier molecular flexibility index (Phi) is 7.84. The summed E-state index contributed by atoms with van der Waals surface area (Å²) in [6.45, 7) is 9.70. The topological polar surface area (TPSA) is 80.5 Å². The fourth-order valence-corrected chi connectivity index (χ4v) is 7.42. The third kappa shape index (κ3) is 5.81. The van der Waals surface area contributed by atoms with Gasteiger partial charge in [-0.1, -0.05) is 23.7 Å². The molecule has 3 aromatic carbocycles. The highest BCUT2D eigenvalue weighted by atomic mass is 35.5. The van der Waals surface area contributed by atoms with E-state index in [4.69, 9.17) is 26.4 Å². The van der Waals surface area contributed by atoms with Crippen molar-refractivity contribution >= 4 is 50.0 Å². The van der Waals surface area contributed by atoms with Crippen molar-refractivity contribution in [2.75, 3.05) is 20.1 Å². The first-order chi connectivity index (χ1) is 20.4. The summed E-state index contributed by atoms with van der Waals surface area (Å²) in [5, 5.41) is 18.0. The van der Waals surface area contributed by atoms with Gasteiger partial charge < -0.3 is 14.7 Å². The maximum Gasteiger partial charge on any atom is 0.337 e. The molecular formula is C34H37ClN4O3S. The van der Waals surface area contributed by atoms with Crippen molar-refractivity contribution in [1.82, 2.24) is 19.7 Å². The molecule has 5 aromatic rings. The number of benzene rings is 3. The van der Waals surface area contributed by atoms with E-state index in [0.717, 1.165) is 74.6 Å². The summed E-state index contributed by atoms with van der Waals surface area (Å²) in [6, 6.07) is 16.0. The monoisotopic (exact) mass is 616 g/mol. The molecule has 3 heterocycles. The highest BCUT2D eigenvalue weighted by Gasteiger charge is 2.32. The van der Waals surface area contributed by atoms with Gasteiger partial charge in [-0.15, -0.1) is 11.3 Å². The lowest BCUT2D eigenvalue weighted by atomic mass is 9.91. The molecule has 2 aromatic heterocycles. The fraction of sp³-hybridized carbons (Fsp3) is 0.382. The largest absolute Gasteiger partial charge is 0.479 e. The normalized spacial score (nSPS) is 15.9. The minimum Gasteiger partial charge on any atom is -0.479 e. The van der Waals surface area contributed by atoms with E-state index >= 15 is 0 Å². The van der Waals surface area contributed by atoms with Crippen LogP contribution >= 0.6 is 22.9 Å². The molecule has 6 rings (SSSR count). The Bertz CT molecular complexity index is 1830. The molecule has 7 nitrogen and oxygen atoms in total. The standard InChI is InChI=1S/C34H37ClN4O3S/c1-19-17-25-31(28(20-7-10-23(35)11-8-20)27(19)30(33(40)41)42-34(2,3)4)43-32(36-25)22-9-12-26-24(18-22)29(37-39(26)6)21-13-15-38(5)16-14-21/h7-12,17-18,21,30H,13-16H2,1-6H3,(H,40,41)/t30-/m0/s1. The number of aryl methyl sites for hydroxylation is 2. The minimum atomic E-state index is -1.15. The number of fused-ring (bicyclic) bond motifs is 2. The molecule has 1 N–H and O–H groups in total. The van der Waals surface area contributed by atoms with Crippen LogP contribution in [0.4, 0.5) is 0 Å². The predicted molar refractivity (Wildman–Crippen MR) is 175 cm³/mol. The summed E-state index contributed by atoms with van der Waals surface area (Å²) >= 11 is 7.84. The summed E-state index contributed by atoms with van der Waals surface area (Å²) in [6.07, 6.45) is 1.05. The molecule has 0 radical (unpaired) electrons. The molecule has 1 aliphatic rings. The highest BCUT2D eigenvalue weighted by Crippen LogP contribution is 2.45. The Morgan fingerprint density at radius 3 is 2.40 bits per heavy atom. The van der Waals surface area contributed by atoms with Crippen molar-refractivity contribution in [3.05, 3.63) is 70.4 Å². The highest BCUT2D eigenvalue weighted by molar-refractivity contribution is 7.22. The molecular weight excluding hydrogens is 580 g/mol. The van der Waals surface area contributed by atoms with Crippen LogP contribution in [0.3, 0.4) is 0 Å². The van der Waals surface area contributed by atoms with Crippen molar-refractivity contribution in [1.29, 1.82) is 0 Å². The molecule has 1 saturated heterocycles. The van der Waals surface area contributed by atoms with Gasteiger partial charge in [0.2, 0.25) is 0 Å². The lowest BCUT2D eigenvalue weighted by Crippen LogP contribution is -2.29. The predicted octanol–water partition coefficient (Wildman–Crippen LogP) is 8.23. The molecule has 0 bridgehead atoms. The van der Waals surface area contributed by atoms with E-state index in [0.29, 0.717) is 16.5 Å². The van der Waals surface area contributed by atoms with Gasteiger partial charge in [-0.25, -0.2) is 9.78 Å². The number of aliphatic carboxylic acids is 1. The lowest BCUT2D eigenvalue weighted by molar-refractivity contribution is -0.160. The van der Waals surface area contributed by atoms with Crippen LogP contribution in [0.25, 0.3) is 42.8 Å². The van der Waals surface area contributed by atoms with Crippen molar-refractivity contribution in [2.45, 2.75) is 58.2 Å². The minimum absolute atomic E-state index is 0.433. The first kappa shape index (κ1) is 29.8. The maximum absolute atomic E-state index is 12.7. The number of hydrogen-bond donors (Lipinski definition) is 1. The number of halogens is 1. The average Bonchev–Trinajstić information content (AvgIpc) is 3.52. The Morgan fingerprint density at radius 1 is 1.07 bits per heavy atom. The number of aromatic nitrogens is 3. The molecule has 9 heteroatoms. The molecule has 0 amide bonds. The lowest BCUT2D eigenvalue weighted by Gasteiger charge is -2.28. The van der Waals surface area contributed by atoms with Crippen LogP contribution in [0.5, 0.6) is 0 Å². The van der Waals surface area contributed by atoms with Crippen LogP contribution in [0.2, 0.25) is 5.02 Å². The Balaban J connectivity index is 1.53. The number of likely N-dealkylation sites (tertiary alicyclic amines) is 1. The van der Waals surface area contributed by atoms with E-state index in [9.17, 15) is 9.90 Å². The fourth-order valence-electron chi connectivity index (χ4n) is 6.17. The van der Waals surface area contributed by atoms with Gasteiger partial charge in [-0.3, -0.25) is 4.68 Å². The number of rotatable bonds is 6. The second kappa shape index (κ2) is 11.3. The van der Waals surface area contributed by atoms with Crippen molar-refractivity contribution in [3.63, 3.8) is 0 Å². The Hall–Kier alpha value is -3.30. The maximum atomic E-state index is 12.7. The number of carboxylic acids is 1. The second-order valence-electron chi connectivity index (χ2n) is 12.6. The van der Waals surface area contributed by atoms with Crippen LogP contribution < -0.4 is 0 Å². The van der Waals surface area contributed by atoms with Crippen LogP contribution in [-0.4, -0.2) is 56.5 Å². The second-order valence-corrected chi connectivity index (χ2v) is 14.1. The van der Waals surface area contributed by atoms with Gasteiger partial charge in [0.15, 0.2) is 6.10 Å². The van der Waals surface area contributed by atoms with Gasteiger partial charge in [0.05, 0.1) is 27.0 Å². The molecule has 0 unspecified atom stereocenters. The van der Waals surface area contributed by atoms with Crippen molar-refractivity contribution in [2.24, 2.45) is 7.05 Å². The number of carbonyl (C=O) groups is 1. The van der Waals surface area contributed by atoms with Crippen LogP contribution in [-0.2, 0) is 16.6 Å². The molecule has 0 saturated carbocycles. The number of hydrogen-bond acceptors (Lipinski definition) is 6. The molecule has 43 heavy (non-hydrogen) atoms. The van der Waals surface area contributed by atoms with Gasteiger partial charge in [0, 0.05) is 40.1 Å². The van der Waals surface area contributed by atoms with Gasteiger partial charge in [0.25, 0.3) is 0 Å². The zero-order valence-electron chi connectivity index (χ0n) is 25.4. The molecule has 1 fully saturated rings. The van der Waals surface area contributed by atoms with Crippen LogP contribution in [0, 0.1) is 6.92 Å². The number of ether oxygens (including phenoxy) is 1. The molecule has 224 valence electrons. The van der Waals surface area contributed by atoms with E-state index in [1.165, 1.54) is 5.39 Å². The number of nitrogens with zero attached hydrogens (tertiary/aromatic N) is 4. The van der Waals surface area contributed by atoms with Crippen LogP contribution in [0.15, 0.2) is 48.5 Å². The van der Waals surface area contributed by atoms with E-state index in [-0.39, 0.29) is 0 Å². The summed E-state index contributed by atoms with van der Waals surface area (Å²) in [5.74, 6) is -0.594. The summed E-state index contributed by atoms with van der Waals surface area (Å²) in [4.78, 5) is 20.2.